The van der Waals surface area contributed by atoms with E-state index in [2.05, 4.69) is 57.5 Å². The first-order chi connectivity index (χ1) is 17.7. The van der Waals surface area contributed by atoms with Crippen molar-refractivity contribution in [3.05, 3.63) is 87.6 Å². The third-order valence-corrected chi connectivity index (χ3v) is 7.92. The second-order valence-corrected chi connectivity index (χ2v) is 9.65. The van der Waals surface area contributed by atoms with Crippen molar-refractivity contribution in [3.63, 3.8) is 0 Å². The van der Waals surface area contributed by atoms with Gasteiger partial charge in [-0.1, -0.05) is 12.1 Å². The third-order valence-electron chi connectivity index (χ3n) is 7.92. The molecule has 0 aliphatic heterocycles. The van der Waals surface area contributed by atoms with Gasteiger partial charge in [0.05, 0.1) is 11.6 Å². The van der Waals surface area contributed by atoms with Crippen molar-refractivity contribution in [2.45, 2.75) is 55.0 Å². The molecule has 0 saturated heterocycles. The average molecular weight is 494 g/mol. The zero-order chi connectivity index (χ0) is 26.9. The average Bonchev–Trinajstić information content (AvgIpc) is 3.32. The molecule has 0 fully saturated rings. The molecule has 0 aliphatic carbocycles. The molecule has 1 aromatic heterocycles. The highest BCUT2D eigenvalue weighted by molar-refractivity contribution is 5.99. The molecule has 0 N–H and O–H groups in total. The van der Waals surface area contributed by atoms with Gasteiger partial charge in [-0.3, -0.25) is 0 Å². The quantitative estimate of drug-likeness (QED) is 0.278. The lowest BCUT2D eigenvalue weighted by Gasteiger charge is -2.21. The Balaban J connectivity index is 1.86. The smallest absolute Gasteiger partial charge is 0.410 e. The predicted molar refractivity (Wildman–Crippen MR) is 150 cm³/mol. The Labute approximate surface area is 219 Å². The standard InChI is InChI=1S/C32H35N3O2/c1-8-34(9-2)32(36)37-30-15-14-29-27(31(30)26-12-10-25(18-33)11-13-26)16-17-35(29)19-28-23(6)21(4)20(3)22(5)24(28)7/h10-17H,8-9,19H2,1-7H3. The first-order valence-electron chi connectivity index (χ1n) is 12.9. The Morgan fingerprint density at radius 3 is 2.03 bits per heavy atom. The fourth-order valence-electron chi connectivity index (χ4n) is 5.11. The summed E-state index contributed by atoms with van der Waals surface area (Å²) in [5.41, 5.74) is 11.5. The molecule has 0 saturated carbocycles. The molecule has 37 heavy (non-hydrogen) atoms. The lowest BCUT2D eigenvalue weighted by molar-refractivity contribution is 0.157. The van der Waals surface area contributed by atoms with Gasteiger partial charge in [-0.25, -0.2) is 4.79 Å². The van der Waals surface area contributed by atoms with Crippen molar-refractivity contribution in [2.75, 3.05) is 13.1 Å². The second kappa shape index (κ2) is 10.5. The number of rotatable bonds is 6. The van der Waals surface area contributed by atoms with Gasteiger partial charge in [0, 0.05) is 42.3 Å². The van der Waals surface area contributed by atoms with E-state index in [1.807, 2.05) is 38.1 Å². The summed E-state index contributed by atoms with van der Waals surface area (Å²) < 4.78 is 8.20. The molecule has 1 heterocycles. The molecule has 1 amide bonds. The zero-order valence-corrected chi connectivity index (χ0v) is 22.9. The maximum atomic E-state index is 12.9. The summed E-state index contributed by atoms with van der Waals surface area (Å²) in [5.74, 6) is 0.515. The first kappa shape index (κ1) is 26.0. The van der Waals surface area contributed by atoms with Gasteiger partial charge in [-0.05, 0) is 118 Å². The van der Waals surface area contributed by atoms with E-state index in [4.69, 9.17) is 4.74 Å². The molecule has 0 spiro atoms. The molecular formula is C32H35N3O2. The van der Waals surface area contributed by atoms with E-state index in [1.165, 1.54) is 33.4 Å². The Morgan fingerprint density at radius 1 is 0.865 bits per heavy atom. The maximum absolute atomic E-state index is 12.9. The largest absolute Gasteiger partial charge is 0.415 e. The fraction of sp³-hybridized carbons (Fsp3) is 0.312. The Hall–Kier alpha value is -4.04. The summed E-state index contributed by atoms with van der Waals surface area (Å²) in [6, 6.07) is 15.6. The van der Waals surface area contributed by atoms with Crippen molar-refractivity contribution >= 4 is 17.0 Å². The highest BCUT2D eigenvalue weighted by Crippen LogP contribution is 2.39. The van der Waals surface area contributed by atoms with Crippen LogP contribution in [0.15, 0.2) is 48.7 Å². The number of carbonyl (C=O) groups excluding carboxylic acids is 1. The molecule has 5 heteroatoms. The number of hydrogen-bond acceptors (Lipinski definition) is 3. The van der Waals surface area contributed by atoms with Crippen LogP contribution < -0.4 is 4.74 Å². The van der Waals surface area contributed by atoms with Gasteiger partial charge in [0.1, 0.15) is 5.75 Å². The highest BCUT2D eigenvalue weighted by atomic mass is 16.6. The summed E-state index contributed by atoms with van der Waals surface area (Å²) in [6.45, 7) is 16.8. The van der Waals surface area contributed by atoms with Gasteiger partial charge < -0.3 is 14.2 Å². The number of fused-ring (bicyclic) bond motifs is 1. The van der Waals surface area contributed by atoms with Crippen LogP contribution >= 0.6 is 0 Å². The topological polar surface area (TPSA) is 58.3 Å². The molecule has 0 atom stereocenters. The van der Waals surface area contributed by atoms with Crippen LogP contribution in [0, 0.1) is 45.9 Å². The van der Waals surface area contributed by atoms with E-state index in [1.54, 1.807) is 17.0 Å². The SMILES string of the molecule is CCN(CC)C(=O)Oc1ccc2c(ccn2Cc2c(C)c(C)c(C)c(C)c2C)c1-c1ccc(C#N)cc1. The molecule has 0 bridgehead atoms. The number of carbonyl (C=O) groups is 1. The monoisotopic (exact) mass is 493 g/mol. The van der Waals surface area contributed by atoms with Gasteiger partial charge in [0.15, 0.2) is 0 Å². The van der Waals surface area contributed by atoms with Gasteiger partial charge in [-0.2, -0.15) is 5.26 Å². The Morgan fingerprint density at radius 2 is 1.46 bits per heavy atom. The second-order valence-electron chi connectivity index (χ2n) is 9.65. The van der Waals surface area contributed by atoms with E-state index >= 15 is 0 Å². The summed E-state index contributed by atoms with van der Waals surface area (Å²) >= 11 is 0. The molecule has 3 aromatic carbocycles. The van der Waals surface area contributed by atoms with Crippen LogP contribution in [0.25, 0.3) is 22.0 Å². The minimum Gasteiger partial charge on any atom is -0.410 e. The number of nitrogens with zero attached hydrogens (tertiary/aromatic N) is 3. The molecule has 5 nitrogen and oxygen atoms in total. The van der Waals surface area contributed by atoms with Crippen molar-refractivity contribution in [3.8, 4) is 22.9 Å². The summed E-state index contributed by atoms with van der Waals surface area (Å²) in [7, 11) is 0. The van der Waals surface area contributed by atoms with E-state index in [-0.39, 0.29) is 6.09 Å². The number of amides is 1. The van der Waals surface area contributed by atoms with Crippen molar-refractivity contribution in [1.29, 1.82) is 5.26 Å². The van der Waals surface area contributed by atoms with Gasteiger partial charge in [0.25, 0.3) is 0 Å². The molecular weight excluding hydrogens is 458 g/mol. The molecule has 4 rings (SSSR count). The molecule has 190 valence electrons. The molecule has 4 aromatic rings. The fourth-order valence-corrected chi connectivity index (χ4v) is 5.11. The molecule has 0 aliphatic rings. The van der Waals surface area contributed by atoms with Crippen molar-refractivity contribution < 1.29 is 9.53 Å². The Kier molecular flexibility index (Phi) is 7.40. The molecule has 0 unspecified atom stereocenters. The first-order valence-corrected chi connectivity index (χ1v) is 12.9. The van der Waals surface area contributed by atoms with Crippen LogP contribution in [0.2, 0.25) is 0 Å². The maximum Gasteiger partial charge on any atom is 0.415 e. The van der Waals surface area contributed by atoms with Crippen LogP contribution in [0.1, 0.15) is 52.8 Å². The predicted octanol–water partition coefficient (Wildman–Crippen LogP) is 7.61. The van der Waals surface area contributed by atoms with Crippen molar-refractivity contribution in [1.82, 2.24) is 9.47 Å². The third kappa shape index (κ3) is 4.72. The van der Waals surface area contributed by atoms with Gasteiger partial charge in [0.2, 0.25) is 0 Å². The minimum atomic E-state index is -0.365. The van der Waals surface area contributed by atoms with E-state index < -0.39 is 0 Å². The van der Waals surface area contributed by atoms with Gasteiger partial charge >= 0.3 is 6.09 Å². The van der Waals surface area contributed by atoms with Crippen LogP contribution in [-0.2, 0) is 6.54 Å². The zero-order valence-electron chi connectivity index (χ0n) is 22.9. The van der Waals surface area contributed by atoms with Gasteiger partial charge in [-0.15, -0.1) is 0 Å². The number of aromatic nitrogens is 1. The molecule has 0 radical (unpaired) electrons. The van der Waals surface area contributed by atoms with Crippen LogP contribution in [0.5, 0.6) is 5.75 Å². The number of benzene rings is 3. The summed E-state index contributed by atoms with van der Waals surface area (Å²) in [6.07, 6.45) is 1.74. The van der Waals surface area contributed by atoms with E-state index in [0.717, 1.165) is 28.6 Å². The lowest BCUT2D eigenvalue weighted by Crippen LogP contribution is -2.33. The van der Waals surface area contributed by atoms with E-state index in [9.17, 15) is 10.1 Å². The minimum absolute atomic E-state index is 0.365. The summed E-state index contributed by atoms with van der Waals surface area (Å²) in [5, 5.41) is 10.3. The van der Waals surface area contributed by atoms with Crippen LogP contribution in [0.3, 0.4) is 0 Å². The number of hydrogen-bond donors (Lipinski definition) is 0. The highest BCUT2D eigenvalue weighted by Gasteiger charge is 2.20. The number of nitriles is 1. The van der Waals surface area contributed by atoms with Crippen LogP contribution in [-0.4, -0.2) is 28.6 Å². The van der Waals surface area contributed by atoms with E-state index in [0.29, 0.717) is 24.4 Å². The van der Waals surface area contributed by atoms with Crippen molar-refractivity contribution in [2.24, 2.45) is 0 Å². The Bertz CT molecular complexity index is 1490. The van der Waals surface area contributed by atoms with Crippen LogP contribution in [0.4, 0.5) is 4.79 Å². The number of ether oxygens (including phenoxy) is 1. The summed E-state index contributed by atoms with van der Waals surface area (Å²) in [4.78, 5) is 14.5. The normalized spacial score (nSPS) is 11.0. The lowest BCUT2D eigenvalue weighted by atomic mass is 9.89.